The van der Waals surface area contributed by atoms with E-state index in [0.29, 0.717) is 18.7 Å². The van der Waals surface area contributed by atoms with Gasteiger partial charge in [0.15, 0.2) is 6.61 Å². The number of carbonyl (C=O) groups is 1. The molecule has 1 atom stereocenters. The molecule has 0 N–H and O–H groups in total. The second-order valence-corrected chi connectivity index (χ2v) is 7.20. The van der Waals surface area contributed by atoms with E-state index in [1.54, 1.807) is 12.1 Å². The number of benzene rings is 2. The van der Waals surface area contributed by atoms with E-state index < -0.39 is 0 Å². The van der Waals surface area contributed by atoms with Gasteiger partial charge in [-0.3, -0.25) is 9.78 Å². The summed E-state index contributed by atoms with van der Waals surface area (Å²) in [5.41, 5.74) is 2.82. The van der Waals surface area contributed by atoms with Crippen molar-refractivity contribution in [3.63, 3.8) is 0 Å². The molecule has 0 bridgehead atoms. The van der Waals surface area contributed by atoms with Crippen LogP contribution in [0.15, 0.2) is 72.8 Å². The van der Waals surface area contributed by atoms with Crippen molar-refractivity contribution in [3.8, 4) is 5.75 Å². The Bertz CT molecular complexity index is 960. The molecule has 2 heterocycles. The summed E-state index contributed by atoms with van der Waals surface area (Å²) in [7, 11) is 0. The van der Waals surface area contributed by atoms with Crippen LogP contribution in [0, 0.1) is 5.82 Å². The zero-order valence-electron chi connectivity index (χ0n) is 16.1. The number of halogens is 1. The zero-order valence-corrected chi connectivity index (χ0v) is 16.1. The summed E-state index contributed by atoms with van der Waals surface area (Å²) in [5.74, 6) is 0.423. The summed E-state index contributed by atoms with van der Waals surface area (Å²) in [6.07, 6.45) is 2.47. The van der Waals surface area contributed by atoms with Crippen molar-refractivity contribution in [2.24, 2.45) is 0 Å². The Kier molecular flexibility index (Phi) is 5.84. The first-order chi connectivity index (χ1) is 14.2. The molecule has 4 rings (SSSR count). The molecule has 0 radical (unpaired) electrons. The molecule has 148 valence electrons. The Morgan fingerprint density at radius 1 is 1.03 bits per heavy atom. The van der Waals surface area contributed by atoms with Crippen LogP contribution >= 0.6 is 0 Å². The molecular weight excluding hydrogens is 367 g/mol. The van der Waals surface area contributed by atoms with Gasteiger partial charge < -0.3 is 9.64 Å². The first-order valence-electron chi connectivity index (χ1n) is 9.86. The maximum atomic E-state index is 13.1. The number of nitrogens with zero attached hydrogens (tertiary/aromatic N) is 2. The minimum absolute atomic E-state index is 0.0236. The van der Waals surface area contributed by atoms with Crippen LogP contribution in [0.25, 0.3) is 0 Å². The Hall–Kier alpha value is -3.21. The van der Waals surface area contributed by atoms with E-state index >= 15 is 0 Å². The number of likely N-dealkylation sites (tertiary alicyclic amines) is 1. The highest BCUT2D eigenvalue weighted by Gasteiger charge is 2.31. The molecule has 0 saturated carbocycles. The summed E-state index contributed by atoms with van der Waals surface area (Å²) < 4.78 is 18.8. The maximum absolute atomic E-state index is 13.1. The van der Waals surface area contributed by atoms with Crippen LogP contribution < -0.4 is 4.74 Å². The molecular formula is C24H23FN2O2. The SMILES string of the molecule is O=C(COc1ccccc1)N1CCC[C@H]1c1cccc(Cc2ccc(F)cc2)n1. The number of carbonyl (C=O) groups excluding carboxylic acids is 1. The van der Waals surface area contributed by atoms with E-state index in [9.17, 15) is 9.18 Å². The number of hydrogen-bond donors (Lipinski definition) is 0. The standard InChI is InChI=1S/C24H23FN2O2/c25-19-13-11-18(12-14-19)16-20-6-4-9-22(26-20)23-10-5-15-27(23)24(28)17-29-21-7-2-1-3-8-21/h1-4,6-9,11-14,23H,5,10,15-17H2/t23-/m0/s1. The van der Waals surface area contributed by atoms with Crippen LogP contribution in [0.1, 0.15) is 35.8 Å². The Morgan fingerprint density at radius 3 is 2.62 bits per heavy atom. The highest BCUT2D eigenvalue weighted by atomic mass is 19.1. The van der Waals surface area contributed by atoms with Crippen molar-refractivity contribution in [2.45, 2.75) is 25.3 Å². The summed E-state index contributed by atoms with van der Waals surface area (Å²) >= 11 is 0. The predicted molar refractivity (Wildman–Crippen MR) is 109 cm³/mol. The fraction of sp³-hybridized carbons (Fsp3) is 0.250. The van der Waals surface area contributed by atoms with Crippen LogP contribution in [-0.2, 0) is 11.2 Å². The summed E-state index contributed by atoms with van der Waals surface area (Å²) in [6.45, 7) is 0.737. The van der Waals surface area contributed by atoms with Gasteiger partial charge >= 0.3 is 0 Å². The second-order valence-electron chi connectivity index (χ2n) is 7.20. The first kappa shape index (κ1) is 19.1. The molecule has 1 fully saturated rings. The Labute approximate surface area is 170 Å². The highest BCUT2D eigenvalue weighted by Crippen LogP contribution is 2.31. The number of hydrogen-bond acceptors (Lipinski definition) is 3. The molecule has 1 aromatic heterocycles. The van der Waals surface area contributed by atoms with Crippen molar-refractivity contribution < 1.29 is 13.9 Å². The van der Waals surface area contributed by atoms with Gasteiger partial charge in [-0.2, -0.15) is 0 Å². The molecule has 0 aliphatic carbocycles. The molecule has 3 aromatic rings. The molecule has 4 nitrogen and oxygen atoms in total. The van der Waals surface area contributed by atoms with E-state index in [4.69, 9.17) is 9.72 Å². The zero-order chi connectivity index (χ0) is 20.1. The van der Waals surface area contributed by atoms with Gasteiger partial charge in [0.05, 0.1) is 11.7 Å². The third-order valence-electron chi connectivity index (χ3n) is 5.15. The van der Waals surface area contributed by atoms with E-state index in [2.05, 4.69) is 0 Å². The van der Waals surface area contributed by atoms with E-state index in [1.165, 1.54) is 12.1 Å². The lowest BCUT2D eigenvalue weighted by Gasteiger charge is -2.24. The highest BCUT2D eigenvalue weighted by molar-refractivity contribution is 5.78. The molecule has 1 aliphatic rings. The minimum Gasteiger partial charge on any atom is -0.484 e. The van der Waals surface area contributed by atoms with Crippen LogP contribution in [0.5, 0.6) is 5.75 Å². The van der Waals surface area contributed by atoms with Crippen molar-refractivity contribution in [2.75, 3.05) is 13.2 Å². The van der Waals surface area contributed by atoms with Crippen LogP contribution in [0.3, 0.4) is 0 Å². The predicted octanol–water partition coefficient (Wildman–Crippen LogP) is 4.55. The van der Waals surface area contributed by atoms with E-state index in [0.717, 1.165) is 29.8 Å². The molecule has 0 unspecified atom stereocenters. The first-order valence-corrected chi connectivity index (χ1v) is 9.86. The van der Waals surface area contributed by atoms with Gasteiger partial charge in [0, 0.05) is 18.7 Å². The lowest BCUT2D eigenvalue weighted by atomic mass is 10.1. The molecule has 29 heavy (non-hydrogen) atoms. The number of pyridine rings is 1. The van der Waals surface area contributed by atoms with Crippen LogP contribution in [0.4, 0.5) is 4.39 Å². The smallest absolute Gasteiger partial charge is 0.261 e. The van der Waals surface area contributed by atoms with Crippen LogP contribution in [0.2, 0.25) is 0 Å². The van der Waals surface area contributed by atoms with Gasteiger partial charge in [-0.1, -0.05) is 36.4 Å². The second kappa shape index (κ2) is 8.86. The average molecular weight is 390 g/mol. The van der Waals surface area contributed by atoms with E-state index in [-0.39, 0.29) is 24.4 Å². The van der Waals surface area contributed by atoms with E-state index in [1.807, 2.05) is 53.4 Å². The van der Waals surface area contributed by atoms with Gasteiger partial charge in [0.25, 0.3) is 5.91 Å². The molecule has 2 aromatic carbocycles. The van der Waals surface area contributed by atoms with Gasteiger partial charge in [0.2, 0.25) is 0 Å². The molecule has 0 spiro atoms. The van der Waals surface area contributed by atoms with Crippen molar-refractivity contribution >= 4 is 5.91 Å². The monoisotopic (exact) mass is 390 g/mol. The van der Waals surface area contributed by atoms with Gasteiger partial charge in [-0.05, 0) is 54.8 Å². The third-order valence-corrected chi connectivity index (χ3v) is 5.15. The summed E-state index contributed by atoms with van der Waals surface area (Å²) in [4.78, 5) is 19.4. The van der Waals surface area contributed by atoms with Crippen LogP contribution in [-0.4, -0.2) is 28.9 Å². The number of rotatable bonds is 6. The largest absolute Gasteiger partial charge is 0.484 e. The topological polar surface area (TPSA) is 42.4 Å². The number of aromatic nitrogens is 1. The summed E-state index contributed by atoms with van der Waals surface area (Å²) in [6, 6.07) is 21.7. The lowest BCUT2D eigenvalue weighted by Crippen LogP contribution is -2.34. The van der Waals surface area contributed by atoms with Gasteiger partial charge in [0.1, 0.15) is 11.6 Å². The number of ether oxygens (including phenoxy) is 1. The molecule has 5 heteroatoms. The van der Waals surface area contributed by atoms with Gasteiger partial charge in [-0.25, -0.2) is 4.39 Å². The minimum atomic E-state index is -0.242. The molecule has 1 amide bonds. The quantitative estimate of drug-likeness (QED) is 0.620. The fourth-order valence-corrected chi connectivity index (χ4v) is 3.71. The molecule has 1 aliphatic heterocycles. The van der Waals surface area contributed by atoms with Gasteiger partial charge in [-0.15, -0.1) is 0 Å². The number of amides is 1. The fourth-order valence-electron chi connectivity index (χ4n) is 3.71. The number of para-hydroxylation sites is 1. The normalized spacial score (nSPS) is 16.0. The third kappa shape index (κ3) is 4.80. The average Bonchev–Trinajstić information content (AvgIpc) is 3.25. The van der Waals surface area contributed by atoms with Crippen molar-refractivity contribution in [1.82, 2.24) is 9.88 Å². The maximum Gasteiger partial charge on any atom is 0.261 e. The Balaban J connectivity index is 1.44. The summed E-state index contributed by atoms with van der Waals surface area (Å²) in [5, 5.41) is 0. The molecule has 1 saturated heterocycles. The Morgan fingerprint density at radius 2 is 1.83 bits per heavy atom. The lowest BCUT2D eigenvalue weighted by molar-refractivity contribution is -0.134. The van der Waals surface area contributed by atoms with Crippen molar-refractivity contribution in [3.05, 3.63) is 95.6 Å². The van der Waals surface area contributed by atoms with Crippen molar-refractivity contribution in [1.29, 1.82) is 0 Å².